The van der Waals surface area contributed by atoms with E-state index in [0.717, 1.165) is 29.9 Å². The molecular formula is C31H32N4O4. The molecule has 1 heterocycles. The molecule has 39 heavy (non-hydrogen) atoms. The van der Waals surface area contributed by atoms with E-state index < -0.39 is 5.91 Å². The number of anilines is 1. The average molecular weight is 525 g/mol. The molecule has 2 N–H and O–H groups in total. The Morgan fingerprint density at radius 2 is 1.62 bits per heavy atom. The largest absolute Gasteiger partial charge is 0.454 e. The first-order chi connectivity index (χ1) is 19.0. The zero-order chi connectivity index (χ0) is 27.6. The van der Waals surface area contributed by atoms with Gasteiger partial charge in [0.15, 0.2) is 11.5 Å². The summed E-state index contributed by atoms with van der Waals surface area (Å²) in [5.74, 6) is 0.474. The van der Waals surface area contributed by atoms with E-state index in [4.69, 9.17) is 9.47 Å². The Labute approximate surface area is 228 Å². The first-order valence-electron chi connectivity index (χ1n) is 12.8. The molecule has 0 bridgehead atoms. The van der Waals surface area contributed by atoms with Crippen LogP contribution in [0.25, 0.3) is 12.2 Å². The fraction of sp³-hybridized carbons (Fsp3) is 0.194. The van der Waals surface area contributed by atoms with Gasteiger partial charge in [0.05, 0.1) is 5.71 Å². The molecule has 0 radical (unpaired) electrons. The lowest BCUT2D eigenvalue weighted by atomic mass is 10.1. The Morgan fingerprint density at radius 1 is 0.923 bits per heavy atom. The van der Waals surface area contributed by atoms with Crippen LogP contribution in [-0.2, 0) is 4.79 Å². The van der Waals surface area contributed by atoms with Crippen molar-refractivity contribution in [1.82, 2.24) is 10.7 Å². The van der Waals surface area contributed by atoms with Crippen LogP contribution in [0, 0.1) is 0 Å². The van der Waals surface area contributed by atoms with Crippen molar-refractivity contribution in [1.29, 1.82) is 0 Å². The SMILES string of the molecule is CCN(CC)c1ccc(/C=C(/NC(=O)c2ccccc2)C(=O)N/N=C(C)/C=C/c2ccc3c(c2)OCO3)cc1. The monoisotopic (exact) mass is 524 g/mol. The maximum absolute atomic E-state index is 13.1. The summed E-state index contributed by atoms with van der Waals surface area (Å²) in [5.41, 5.74) is 6.40. The molecule has 8 nitrogen and oxygen atoms in total. The lowest BCUT2D eigenvalue weighted by molar-refractivity contribution is -0.117. The van der Waals surface area contributed by atoms with E-state index in [-0.39, 0.29) is 18.4 Å². The van der Waals surface area contributed by atoms with Crippen molar-refractivity contribution in [3.8, 4) is 11.5 Å². The molecule has 0 atom stereocenters. The molecule has 0 saturated carbocycles. The van der Waals surface area contributed by atoms with Gasteiger partial charge in [0.1, 0.15) is 5.70 Å². The number of nitrogens with zero attached hydrogens (tertiary/aromatic N) is 2. The summed E-state index contributed by atoms with van der Waals surface area (Å²) in [6.45, 7) is 7.98. The van der Waals surface area contributed by atoms with Crippen LogP contribution < -0.4 is 25.1 Å². The van der Waals surface area contributed by atoms with E-state index in [1.807, 2.05) is 54.6 Å². The molecule has 0 fully saturated rings. The fourth-order valence-electron chi connectivity index (χ4n) is 3.95. The van der Waals surface area contributed by atoms with Gasteiger partial charge < -0.3 is 19.7 Å². The summed E-state index contributed by atoms with van der Waals surface area (Å²) in [6, 6.07) is 22.2. The zero-order valence-corrected chi connectivity index (χ0v) is 22.3. The molecule has 4 rings (SSSR count). The molecule has 8 heteroatoms. The van der Waals surface area contributed by atoms with E-state index in [9.17, 15) is 9.59 Å². The van der Waals surface area contributed by atoms with Gasteiger partial charge in [-0.05, 0) is 80.4 Å². The molecule has 0 saturated heterocycles. The fourth-order valence-corrected chi connectivity index (χ4v) is 3.95. The number of benzene rings is 3. The van der Waals surface area contributed by atoms with E-state index in [2.05, 4.69) is 34.6 Å². The molecule has 1 aliphatic heterocycles. The maximum atomic E-state index is 13.1. The highest BCUT2D eigenvalue weighted by molar-refractivity contribution is 6.06. The van der Waals surface area contributed by atoms with E-state index in [0.29, 0.717) is 22.8 Å². The number of hydrogen-bond donors (Lipinski definition) is 2. The predicted molar refractivity (Wildman–Crippen MR) is 155 cm³/mol. The number of hydrogen-bond acceptors (Lipinski definition) is 6. The molecule has 3 aromatic rings. The normalized spacial score (nSPS) is 12.9. The first-order valence-corrected chi connectivity index (χ1v) is 12.8. The smallest absolute Gasteiger partial charge is 0.287 e. The van der Waals surface area contributed by atoms with Crippen molar-refractivity contribution in [2.24, 2.45) is 5.10 Å². The van der Waals surface area contributed by atoms with Crippen molar-refractivity contribution >= 4 is 35.4 Å². The second-order valence-corrected chi connectivity index (χ2v) is 8.78. The van der Waals surface area contributed by atoms with Gasteiger partial charge >= 0.3 is 0 Å². The van der Waals surface area contributed by atoms with Crippen molar-refractivity contribution < 1.29 is 19.1 Å². The topological polar surface area (TPSA) is 92.3 Å². The molecule has 0 aliphatic carbocycles. The Balaban J connectivity index is 1.50. The van der Waals surface area contributed by atoms with Gasteiger partial charge in [-0.15, -0.1) is 0 Å². The number of carbonyl (C=O) groups is 2. The van der Waals surface area contributed by atoms with Crippen molar-refractivity contribution in [2.45, 2.75) is 20.8 Å². The molecule has 1 aliphatic rings. The average Bonchev–Trinajstić information content (AvgIpc) is 3.44. The number of nitrogens with one attached hydrogen (secondary N) is 2. The van der Waals surface area contributed by atoms with Crippen LogP contribution >= 0.6 is 0 Å². The van der Waals surface area contributed by atoms with Crippen LogP contribution in [0.4, 0.5) is 5.69 Å². The third kappa shape index (κ3) is 7.35. The van der Waals surface area contributed by atoms with Crippen LogP contribution in [-0.4, -0.2) is 37.4 Å². The summed E-state index contributed by atoms with van der Waals surface area (Å²) in [4.78, 5) is 28.2. The Morgan fingerprint density at radius 3 is 2.33 bits per heavy atom. The van der Waals surface area contributed by atoms with Crippen molar-refractivity contribution in [2.75, 3.05) is 24.8 Å². The van der Waals surface area contributed by atoms with Crippen molar-refractivity contribution in [3.63, 3.8) is 0 Å². The molecule has 0 aromatic heterocycles. The van der Waals surface area contributed by atoms with Gasteiger partial charge in [0.2, 0.25) is 6.79 Å². The third-order valence-electron chi connectivity index (χ3n) is 6.11. The highest BCUT2D eigenvalue weighted by Gasteiger charge is 2.15. The Hall–Kier alpha value is -4.85. The highest BCUT2D eigenvalue weighted by Crippen LogP contribution is 2.32. The van der Waals surface area contributed by atoms with E-state index in [1.165, 1.54) is 0 Å². The van der Waals surface area contributed by atoms with Gasteiger partial charge in [-0.2, -0.15) is 5.10 Å². The van der Waals surface area contributed by atoms with Crippen LogP contribution in [0.5, 0.6) is 11.5 Å². The molecule has 2 amide bonds. The van der Waals surface area contributed by atoms with Gasteiger partial charge in [-0.3, -0.25) is 9.59 Å². The summed E-state index contributed by atoms with van der Waals surface area (Å²) in [7, 11) is 0. The van der Waals surface area contributed by atoms with Gasteiger partial charge in [0, 0.05) is 24.3 Å². The minimum Gasteiger partial charge on any atom is -0.454 e. The maximum Gasteiger partial charge on any atom is 0.287 e. The number of ether oxygens (including phenoxy) is 2. The standard InChI is InChI=1S/C31H32N4O4/c1-4-35(5-2)26-16-13-23(14-17-26)19-27(32-30(36)25-9-7-6-8-10-25)31(37)34-33-22(3)11-12-24-15-18-28-29(20-24)39-21-38-28/h6-20H,4-5,21H2,1-3H3,(H,32,36)(H,34,37)/b12-11+,27-19+,33-22+. The number of hydrazone groups is 1. The van der Waals surface area contributed by atoms with Gasteiger partial charge in [0.25, 0.3) is 11.8 Å². The quantitative estimate of drug-likeness (QED) is 0.215. The molecular weight excluding hydrogens is 492 g/mol. The number of rotatable bonds is 10. The summed E-state index contributed by atoms with van der Waals surface area (Å²) < 4.78 is 10.7. The summed E-state index contributed by atoms with van der Waals surface area (Å²) >= 11 is 0. The number of allylic oxidation sites excluding steroid dienone is 1. The van der Waals surface area contributed by atoms with Crippen LogP contribution in [0.1, 0.15) is 42.3 Å². The van der Waals surface area contributed by atoms with E-state index >= 15 is 0 Å². The molecule has 0 unspecified atom stereocenters. The number of carbonyl (C=O) groups excluding carboxylic acids is 2. The second kappa shape index (κ2) is 13.1. The zero-order valence-electron chi connectivity index (χ0n) is 22.3. The number of fused-ring (bicyclic) bond motifs is 1. The van der Waals surface area contributed by atoms with Crippen LogP contribution in [0.3, 0.4) is 0 Å². The van der Waals surface area contributed by atoms with Crippen LogP contribution in [0.2, 0.25) is 0 Å². The lowest BCUT2D eigenvalue weighted by Crippen LogP contribution is -2.33. The number of amides is 2. The van der Waals surface area contributed by atoms with Gasteiger partial charge in [-0.25, -0.2) is 5.43 Å². The lowest BCUT2D eigenvalue weighted by Gasteiger charge is -2.21. The Kier molecular flexibility index (Phi) is 9.13. The molecule has 3 aromatic carbocycles. The minimum atomic E-state index is -0.539. The van der Waals surface area contributed by atoms with Gasteiger partial charge in [-0.1, -0.05) is 42.5 Å². The molecule has 0 spiro atoms. The predicted octanol–water partition coefficient (Wildman–Crippen LogP) is 5.24. The molecule has 200 valence electrons. The first kappa shape index (κ1) is 27.2. The third-order valence-corrected chi connectivity index (χ3v) is 6.11. The second-order valence-electron chi connectivity index (χ2n) is 8.78. The minimum absolute atomic E-state index is 0.0794. The Bertz CT molecular complexity index is 1390. The summed E-state index contributed by atoms with van der Waals surface area (Å²) in [6.07, 6.45) is 5.27. The van der Waals surface area contributed by atoms with Crippen molar-refractivity contribution in [3.05, 3.63) is 101 Å². The summed E-state index contributed by atoms with van der Waals surface area (Å²) in [5, 5.41) is 6.92. The highest BCUT2D eigenvalue weighted by atomic mass is 16.7. The van der Waals surface area contributed by atoms with Crippen LogP contribution in [0.15, 0.2) is 89.7 Å². The van der Waals surface area contributed by atoms with E-state index in [1.54, 1.807) is 43.3 Å².